The molecule has 1 aliphatic rings. The molecule has 1 aliphatic heterocycles. The number of hydrogen-bond acceptors (Lipinski definition) is 4. The molecule has 0 radical (unpaired) electrons. The summed E-state index contributed by atoms with van der Waals surface area (Å²) in [6, 6.07) is 7.88. The Morgan fingerprint density at radius 3 is 2.17 bits per heavy atom. The minimum absolute atomic E-state index is 0.121. The molecule has 0 aromatic heterocycles. The van der Waals surface area contributed by atoms with E-state index < -0.39 is 5.60 Å². The molecular weight excluding hydrogens is 302 g/mol. The third-order valence-electron chi connectivity index (χ3n) is 4.76. The summed E-state index contributed by atoms with van der Waals surface area (Å²) < 4.78 is 0. The summed E-state index contributed by atoms with van der Waals surface area (Å²) in [6.07, 6.45) is 1.26. The molecule has 24 heavy (non-hydrogen) atoms. The Balaban J connectivity index is 2.08. The first-order valence-electron chi connectivity index (χ1n) is 8.61. The van der Waals surface area contributed by atoms with Gasteiger partial charge in [-0.2, -0.15) is 0 Å². The van der Waals surface area contributed by atoms with E-state index >= 15 is 0 Å². The van der Waals surface area contributed by atoms with Crippen LogP contribution in [0.5, 0.6) is 0 Å². The van der Waals surface area contributed by atoms with Crippen LogP contribution in [-0.2, 0) is 4.79 Å². The molecule has 1 fully saturated rings. The molecule has 0 spiro atoms. The van der Waals surface area contributed by atoms with Crippen LogP contribution in [0.1, 0.15) is 30.0 Å². The van der Waals surface area contributed by atoms with Crippen molar-refractivity contribution in [3.63, 3.8) is 0 Å². The zero-order chi connectivity index (χ0) is 17.9. The second-order valence-electron chi connectivity index (χ2n) is 7.56. The van der Waals surface area contributed by atoms with Gasteiger partial charge in [0.2, 0.25) is 5.91 Å². The minimum Gasteiger partial charge on any atom is -0.388 e. The first-order valence-corrected chi connectivity index (χ1v) is 8.61. The highest BCUT2D eigenvalue weighted by Gasteiger charge is 2.36. The summed E-state index contributed by atoms with van der Waals surface area (Å²) >= 11 is 0. The van der Waals surface area contributed by atoms with Crippen molar-refractivity contribution in [1.29, 1.82) is 0 Å². The Labute approximate surface area is 145 Å². The molecular formula is C19H31N3O2. The second-order valence-corrected chi connectivity index (χ2v) is 7.56. The first kappa shape index (κ1) is 18.9. The molecule has 1 heterocycles. The number of aliphatic hydroxyl groups is 1. The maximum atomic E-state index is 13.1. The van der Waals surface area contributed by atoms with Gasteiger partial charge in [0, 0.05) is 19.6 Å². The van der Waals surface area contributed by atoms with Crippen molar-refractivity contribution in [2.24, 2.45) is 0 Å². The van der Waals surface area contributed by atoms with Gasteiger partial charge < -0.3 is 14.9 Å². The van der Waals surface area contributed by atoms with Crippen LogP contribution in [0.15, 0.2) is 24.3 Å². The van der Waals surface area contributed by atoms with Crippen molar-refractivity contribution in [3.05, 3.63) is 35.4 Å². The van der Waals surface area contributed by atoms with Crippen molar-refractivity contribution in [2.45, 2.75) is 31.4 Å². The molecule has 134 valence electrons. The Bertz CT molecular complexity index is 546. The van der Waals surface area contributed by atoms with E-state index in [1.807, 2.05) is 74.1 Å². The lowest BCUT2D eigenvalue weighted by Crippen LogP contribution is -2.52. The quantitative estimate of drug-likeness (QED) is 0.887. The van der Waals surface area contributed by atoms with Crippen LogP contribution >= 0.6 is 0 Å². The van der Waals surface area contributed by atoms with Crippen LogP contribution in [0.2, 0.25) is 0 Å². The summed E-state index contributed by atoms with van der Waals surface area (Å²) in [6.45, 7) is 3.91. The van der Waals surface area contributed by atoms with E-state index in [2.05, 4.69) is 0 Å². The van der Waals surface area contributed by atoms with E-state index in [1.54, 1.807) is 0 Å². The third-order valence-corrected chi connectivity index (χ3v) is 4.76. The van der Waals surface area contributed by atoms with Gasteiger partial charge in [-0.25, -0.2) is 0 Å². The summed E-state index contributed by atoms with van der Waals surface area (Å²) in [7, 11) is 7.81. The van der Waals surface area contributed by atoms with Gasteiger partial charge in [-0.15, -0.1) is 0 Å². The number of hydrogen-bond donors (Lipinski definition) is 1. The van der Waals surface area contributed by atoms with Crippen molar-refractivity contribution in [3.8, 4) is 0 Å². The fourth-order valence-electron chi connectivity index (χ4n) is 3.47. The zero-order valence-corrected chi connectivity index (χ0v) is 15.6. The number of benzene rings is 1. The van der Waals surface area contributed by atoms with Gasteiger partial charge in [-0.05, 0) is 53.5 Å². The summed E-state index contributed by atoms with van der Waals surface area (Å²) in [5.41, 5.74) is 1.53. The average molecular weight is 333 g/mol. The van der Waals surface area contributed by atoms with Crippen molar-refractivity contribution in [1.82, 2.24) is 14.7 Å². The molecule has 1 N–H and O–H groups in total. The van der Waals surface area contributed by atoms with E-state index in [9.17, 15) is 9.90 Å². The number of nitrogens with zero attached hydrogens (tertiary/aromatic N) is 3. The topological polar surface area (TPSA) is 47.0 Å². The van der Waals surface area contributed by atoms with Crippen LogP contribution < -0.4 is 0 Å². The van der Waals surface area contributed by atoms with E-state index in [-0.39, 0.29) is 11.9 Å². The number of piperidine rings is 1. The Morgan fingerprint density at radius 2 is 1.71 bits per heavy atom. The molecule has 0 aliphatic carbocycles. The third kappa shape index (κ3) is 4.56. The number of likely N-dealkylation sites (N-methyl/N-ethyl adjacent to an activating group) is 2. The smallest absolute Gasteiger partial charge is 0.244 e. The highest BCUT2D eigenvalue weighted by molar-refractivity contribution is 5.83. The first-order chi connectivity index (χ1) is 11.2. The molecule has 5 nitrogen and oxygen atoms in total. The summed E-state index contributed by atoms with van der Waals surface area (Å²) in [4.78, 5) is 18.9. The molecule has 1 amide bonds. The molecule has 1 atom stereocenters. The number of carbonyl (C=O) groups is 1. The predicted octanol–water partition coefficient (Wildman–Crippen LogP) is 1.51. The summed E-state index contributed by atoms with van der Waals surface area (Å²) in [5.74, 6) is 0.121. The van der Waals surface area contributed by atoms with Gasteiger partial charge in [0.25, 0.3) is 0 Å². The lowest BCUT2D eigenvalue weighted by Gasteiger charge is -2.41. The van der Waals surface area contributed by atoms with Gasteiger partial charge in [-0.3, -0.25) is 9.69 Å². The second kappa shape index (κ2) is 7.64. The average Bonchev–Trinajstić information content (AvgIpc) is 2.48. The van der Waals surface area contributed by atoms with E-state index in [0.29, 0.717) is 32.5 Å². The summed E-state index contributed by atoms with van der Waals surface area (Å²) in [5, 5.41) is 10.6. The van der Waals surface area contributed by atoms with Gasteiger partial charge in [0.05, 0.1) is 5.60 Å². The standard InChI is InChI=1S/C19H31N3O2/c1-15-6-8-16(9-7-15)17(21(4)5)18(23)22-12-10-19(24,11-13-22)14-20(2)3/h6-9,17,24H,10-14H2,1-5H3. The number of likely N-dealkylation sites (tertiary alicyclic amines) is 1. The molecule has 0 saturated carbocycles. The van der Waals surface area contributed by atoms with Crippen LogP contribution in [0.4, 0.5) is 0 Å². The molecule has 1 unspecified atom stereocenters. The van der Waals surface area contributed by atoms with Gasteiger partial charge in [0.15, 0.2) is 0 Å². The van der Waals surface area contributed by atoms with E-state index in [4.69, 9.17) is 0 Å². The van der Waals surface area contributed by atoms with Crippen molar-refractivity contribution >= 4 is 5.91 Å². The van der Waals surface area contributed by atoms with Crippen LogP contribution in [-0.4, -0.2) is 79.1 Å². The van der Waals surface area contributed by atoms with Crippen LogP contribution in [0.25, 0.3) is 0 Å². The van der Waals surface area contributed by atoms with Gasteiger partial charge >= 0.3 is 0 Å². The zero-order valence-electron chi connectivity index (χ0n) is 15.6. The van der Waals surface area contributed by atoms with Crippen LogP contribution in [0, 0.1) is 6.92 Å². The molecule has 5 heteroatoms. The number of rotatable bonds is 5. The van der Waals surface area contributed by atoms with Gasteiger partial charge in [0.1, 0.15) is 6.04 Å². The Hall–Kier alpha value is -1.43. The SMILES string of the molecule is Cc1ccc(C(C(=O)N2CCC(O)(CN(C)C)CC2)N(C)C)cc1. The monoisotopic (exact) mass is 333 g/mol. The normalized spacial score (nSPS) is 18.9. The van der Waals surface area contributed by atoms with Gasteiger partial charge in [-0.1, -0.05) is 29.8 Å². The maximum absolute atomic E-state index is 13.1. The molecule has 0 bridgehead atoms. The van der Waals surface area contributed by atoms with E-state index in [1.165, 1.54) is 5.56 Å². The minimum atomic E-state index is -0.683. The lowest BCUT2D eigenvalue weighted by atomic mass is 9.90. The predicted molar refractivity (Wildman–Crippen MR) is 96.9 cm³/mol. The Morgan fingerprint density at radius 1 is 1.17 bits per heavy atom. The number of aryl methyl sites for hydroxylation is 1. The number of carbonyl (C=O) groups excluding carboxylic acids is 1. The fourth-order valence-corrected chi connectivity index (χ4v) is 3.47. The van der Waals surface area contributed by atoms with Crippen molar-refractivity contribution in [2.75, 3.05) is 47.8 Å². The lowest BCUT2D eigenvalue weighted by molar-refractivity contribution is -0.141. The van der Waals surface area contributed by atoms with E-state index in [0.717, 1.165) is 5.56 Å². The Kier molecular flexibility index (Phi) is 6.01. The highest BCUT2D eigenvalue weighted by atomic mass is 16.3. The maximum Gasteiger partial charge on any atom is 0.244 e. The highest BCUT2D eigenvalue weighted by Crippen LogP contribution is 2.27. The number of amides is 1. The molecule has 1 aromatic carbocycles. The largest absolute Gasteiger partial charge is 0.388 e. The molecule has 1 saturated heterocycles. The molecule has 2 rings (SSSR count). The molecule has 1 aromatic rings. The van der Waals surface area contributed by atoms with Crippen molar-refractivity contribution < 1.29 is 9.90 Å². The fraction of sp³-hybridized carbons (Fsp3) is 0.632. The van der Waals surface area contributed by atoms with Crippen LogP contribution in [0.3, 0.4) is 0 Å².